The molecule has 2 aromatic carbocycles. The number of benzene rings is 2. The number of aliphatic hydroxyl groups excluding tert-OH is 1. The number of esters is 1. The maximum Gasteiger partial charge on any atom is 0.336 e. The predicted octanol–water partition coefficient (Wildman–Crippen LogP) is 1.81. The Morgan fingerprint density at radius 3 is 2.31 bits per heavy atom. The molecular formula is C19H23NO5S. The van der Waals surface area contributed by atoms with E-state index in [1.165, 1.54) is 12.1 Å². The van der Waals surface area contributed by atoms with Gasteiger partial charge in [-0.1, -0.05) is 48.0 Å². The Balaban J connectivity index is 2.27. The fraction of sp³-hybridized carbons (Fsp3) is 0.316. The molecule has 0 amide bonds. The van der Waals surface area contributed by atoms with E-state index in [2.05, 4.69) is 4.72 Å². The van der Waals surface area contributed by atoms with Crippen molar-refractivity contribution in [2.45, 2.75) is 37.3 Å². The van der Waals surface area contributed by atoms with Gasteiger partial charge in [-0.3, -0.25) is 0 Å². The van der Waals surface area contributed by atoms with Crippen LogP contribution in [0.15, 0.2) is 59.5 Å². The van der Waals surface area contributed by atoms with E-state index in [1.54, 1.807) is 43.3 Å². The maximum atomic E-state index is 12.7. The average molecular weight is 377 g/mol. The van der Waals surface area contributed by atoms with E-state index >= 15 is 0 Å². The van der Waals surface area contributed by atoms with Crippen LogP contribution in [0.4, 0.5) is 0 Å². The number of rotatable bonds is 8. The summed E-state index contributed by atoms with van der Waals surface area (Å²) in [6.45, 7) is 3.57. The van der Waals surface area contributed by atoms with Crippen LogP contribution in [0.5, 0.6) is 0 Å². The number of aryl methyl sites for hydroxylation is 1. The molecular weight excluding hydrogens is 354 g/mol. The molecule has 0 fully saturated rings. The molecule has 0 saturated carbocycles. The van der Waals surface area contributed by atoms with Crippen molar-refractivity contribution in [2.75, 3.05) is 6.61 Å². The van der Waals surface area contributed by atoms with Gasteiger partial charge in [0.05, 0.1) is 17.5 Å². The zero-order valence-corrected chi connectivity index (χ0v) is 15.6. The lowest BCUT2D eigenvalue weighted by molar-refractivity contribution is -0.154. The molecule has 0 aliphatic heterocycles. The third-order valence-corrected chi connectivity index (χ3v) is 5.35. The first kappa shape index (κ1) is 20.1. The zero-order valence-electron chi connectivity index (χ0n) is 14.8. The Hall–Kier alpha value is -2.22. The second kappa shape index (κ2) is 8.93. The highest BCUT2D eigenvalue weighted by Gasteiger charge is 2.31. The molecule has 2 atom stereocenters. The molecule has 0 aromatic heterocycles. The standard InChI is InChI=1S/C19H23NO5S/c1-3-25-19(22)18(21)17(13-15-7-5-4-6-8-15)20-26(23,24)16-11-9-14(2)10-12-16/h4-12,17-18,20-21H,3,13H2,1-2H3/t17-,18+/m1/s1. The number of hydrogen-bond acceptors (Lipinski definition) is 5. The number of nitrogens with one attached hydrogen (secondary N) is 1. The maximum absolute atomic E-state index is 12.7. The van der Waals surface area contributed by atoms with Crippen molar-refractivity contribution in [1.82, 2.24) is 4.72 Å². The van der Waals surface area contributed by atoms with Crippen LogP contribution in [0.3, 0.4) is 0 Å². The van der Waals surface area contributed by atoms with Crippen molar-refractivity contribution in [3.63, 3.8) is 0 Å². The molecule has 7 heteroatoms. The van der Waals surface area contributed by atoms with E-state index in [1.807, 2.05) is 13.0 Å². The third kappa shape index (κ3) is 5.39. The van der Waals surface area contributed by atoms with E-state index in [0.29, 0.717) is 0 Å². The fourth-order valence-electron chi connectivity index (χ4n) is 2.46. The molecule has 140 valence electrons. The Morgan fingerprint density at radius 1 is 1.12 bits per heavy atom. The molecule has 0 bridgehead atoms. The van der Waals surface area contributed by atoms with Crippen LogP contribution in [0.25, 0.3) is 0 Å². The van der Waals surface area contributed by atoms with Gasteiger partial charge in [-0.05, 0) is 38.0 Å². The molecule has 0 saturated heterocycles. The Bertz CT molecular complexity index is 819. The highest BCUT2D eigenvalue weighted by Crippen LogP contribution is 2.14. The summed E-state index contributed by atoms with van der Waals surface area (Å²) < 4.78 is 32.6. The zero-order chi connectivity index (χ0) is 19.2. The predicted molar refractivity (Wildman–Crippen MR) is 98.1 cm³/mol. The van der Waals surface area contributed by atoms with Gasteiger partial charge in [0.1, 0.15) is 0 Å². The summed E-state index contributed by atoms with van der Waals surface area (Å²) in [6, 6.07) is 14.3. The molecule has 2 aromatic rings. The van der Waals surface area contributed by atoms with Crippen molar-refractivity contribution in [3.05, 3.63) is 65.7 Å². The molecule has 0 unspecified atom stereocenters. The lowest BCUT2D eigenvalue weighted by atomic mass is 10.0. The Labute approximate surface area is 153 Å². The number of carbonyl (C=O) groups is 1. The summed E-state index contributed by atoms with van der Waals surface area (Å²) in [5, 5.41) is 10.3. The van der Waals surface area contributed by atoms with Crippen LogP contribution in [0.2, 0.25) is 0 Å². The van der Waals surface area contributed by atoms with Gasteiger partial charge < -0.3 is 9.84 Å². The van der Waals surface area contributed by atoms with Gasteiger partial charge in [-0.15, -0.1) is 0 Å². The number of aliphatic hydroxyl groups is 1. The highest BCUT2D eigenvalue weighted by molar-refractivity contribution is 7.89. The van der Waals surface area contributed by atoms with Gasteiger partial charge in [-0.25, -0.2) is 17.9 Å². The fourth-order valence-corrected chi connectivity index (χ4v) is 3.70. The SMILES string of the molecule is CCOC(=O)[C@@H](O)[C@@H](Cc1ccccc1)NS(=O)(=O)c1ccc(C)cc1. The molecule has 2 N–H and O–H groups in total. The van der Waals surface area contributed by atoms with E-state index in [0.717, 1.165) is 11.1 Å². The van der Waals surface area contributed by atoms with Crippen molar-refractivity contribution in [3.8, 4) is 0 Å². The van der Waals surface area contributed by atoms with E-state index in [4.69, 9.17) is 4.74 Å². The van der Waals surface area contributed by atoms with E-state index in [9.17, 15) is 18.3 Å². The average Bonchev–Trinajstić information content (AvgIpc) is 2.62. The summed E-state index contributed by atoms with van der Waals surface area (Å²) in [7, 11) is -3.91. The van der Waals surface area contributed by atoms with Crippen LogP contribution in [-0.2, 0) is 26.0 Å². The monoisotopic (exact) mass is 377 g/mol. The van der Waals surface area contributed by atoms with Crippen molar-refractivity contribution in [2.24, 2.45) is 0 Å². The minimum Gasteiger partial charge on any atom is -0.464 e. The largest absolute Gasteiger partial charge is 0.464 e. The lowest BCUT2D eigenvalue weighted by Gasteiger charge is -2.23. The van der Waals surface area contributed by atoms with Gasteiger partial charge in [-0.2, -0.15) is 0 Å². The Kier molecular flexibility index (Phi) is 6.90. The van der Waals surface area contributed by atoms with Crippen LogP contribution in [0, 0.1) is 6.92 Å². The second-order valence-corrected chi connectivity index (χ2v) is 7.64. The summed E-state index contributed by atoms with van der Waals surface area (Å²) in [4.78, 5) is 12.0. The van der Waals surface area contributed by atoms with E-state index in [-0.39, 0.29) is 17.9 Å². The number of ether oxygens (including phenoxy) is 1. The summed E-state index contributed by atoms with van der Waals surface area (Å²) in [6.07, 6.45) is -1.47. The topological polar surface area (TPSA) is 92.7 Å². The summed E-state index contributed by atoms with van der Waals surface area (Å²) in [5.41, 5.74) is 1.71. The van der Waals surface area contributed by atoms with Gasteiger partial charge in [0.25, 0.3) is 0 Å². The van der Waals surface area contributed by atoms with E-state index < -0.39 is 28.1 Å². The first-order chi connectivity index (χ1) is 12.3. The molecule has 0 radical (unpaired) electrons. The van der Waals surface area contributed by atoms with Gasteiger partial charge in [0.2, 0.25) is 10.0 Å². The van der Waals surface area contributed by atoms with Crippen LogP contribution >= 0.6 is 0 Å². The first-order valence-electron chi connectivity index (χ1n) is 8.31. The van der Waals surface area contributed by atoms with Gasteiger partial charge >= 0.3 is 5.97 Å². The van der Waals surface area contributed by atoms with Crippen LogP contribution in [0.1, 0.15) is 18.1 Å². The minimum atomic E-state index is -3.91. The quantitative estimate of drug-likeness (QED) is 0.685. The molecule has 0 aliphatic carbocycles. The normalized spacial score (nSPS) is 13.8. The molecule has 0 aliphatic rings. The van der Waals surface area contributed by atoms with Crippen molar-refractivity contribution < 1.29 is 23.1 Å². The van der Waals surface area contributed by atoms with Crippen LogP contribution in [-0.4, -0.2) is 38.2 Å². The second-order valence-electron chi connectivity index (χ2n) is 5.93. The highest BCUT2D eigenvalue weighted by atomic mass is 32.2. The summed E-state index contributed by atoms with van der Waals surface area (Å²) >= 11 is 0. The number of sulfonamides is 1. The molecule has 0 heterocycles. The lowest BCUT2D eigenvalue weighted by Crippen LogP contribution is -2.48. The Morgan fingerprint density at radius 2 is 1.73 bits per heavy atom. The molecule has 0 spiro atoms. The summed E-state index contributed by atoms with van der Waals surface area (Å²) in [5.74, 6) is -0.861. The van der Waals surface area contributed by atoms with Gasteiger partial charge in [0, 0.05) is 0 Å². The number of carbonyl (C=O) groups excluding carboxylic acids is 1. The van der Waals surface area contributed by atoms with Gasteiger partial charge in [0.15, 0.2) is 6.10 Å². The third-order valence-electron chi connectivity index (χ3n) is 3.85. The molecule has 2 rings (SSSR count). The van der Waals surface area contributed by atoms with Crippen molar-refractivity contribution >= 4 is 16.0 Å². The smallest absolute Gasteiger partial charge is 0.336 e. The van der Waals surface area contributed by atoms with Crippen molar-refractivity contribution in [1.29, 1.82) is 0 Å². The van der Waals surface area contributed by atoms with Crippen LogP contribution < -0.4 is 4.72 Å². The number of hydrogen-bond donors (Lipinski definition) is 2. The minimum absolute atomic E-state index is 0.0669. The molecule has 26 heavy (non-hydrogen) atoms. The first-order valence-corrected chi connectivity index (χ1v) is 9.79. The molecule has 6 nitrogen and oxygen atoms in total.